The van der Waals surface area contributed by atoms with Gasteiger partial charge in [0, 0.05) is 20.6 Å². The highest BCUT2D eigenvalue weighted by Crippen LogP contribution is 1.93. The maximum Gasteiger partial charge on any atom is 0.320 e. The normalized spacial score (nSPS) is 13.5. The Labute approximate surface area is 88.5 Å². The molecule has 7 nitrogen and oxygen atoms in total. The molecule has 0 aromatic carbocycles. The Balaban J connectivity index is 3.67. The van der Waals surface area contributed by atoms with Gasteiger partial charge >= 0.3 is 5.97 Å². The van der Waals surface area contributed by atoms with Crippen molar-refractivity contribution in [1.82, 2.24) is 10.4 Å². The first kappa shape index (κ1) is 13.7. The summed E-state index contributed by atoms with van der Waals surface area (Å²) in [5.74, 6) is -0.669. The first-order chi connectivity index (χ1) is 6.99. The Kier molecular flexibility index (Phi) is 6.39. The van der Waals surface area contributed by atoms with Crippen LogP contribution in [0.3, 0.4) is 0 Å². The first-order valence-corrected chi connectivity index (χ1v) is 4.60. The average Bonchev–Trinajstić information content (AvgIpc) is 2.16. The standard InChI is InChI=1S/C8H18N4O3/c1-10-8(12(2)15)11-5-3-4-6(9)7(13)14/h6,15H,3-5,9H2,1-2H3,(H,10,11)(H,13,14). The van der Waals surface area contributed by atoms with E-state index in [-0.39, 0.29) is 0 Å². The topological polar surface area (TPSA) is 111 Å². The fourth-order valence-electron chi connectivity index (χ4n) is 0.984. The molecular formula is C8H18N4O3. The molecule has 1 atom stereocenters. The van der Waals surface area contributed by atoms with Crippen molar-refractivity contribution in [1.29, 1.82) is 0 Å². The average molecular weight is 218 g/mol. The van der Waals surface area contributed by atoms with Gasteiger partial charge in [-0.2, -0.15) is 0 Å². The van der Waals surface area contributed by atoms with Crippen molar-refractivity contribution >= 4 is 11.9 Å². The lowest BCUT2D eigenvalue weighted by Crippen LogP contribution is -2.38. The number of hydroxylamine groups is 2. The molecule has 0 spiro atoms. The van der Waals surface area contributed by atoms with Crippen LogP contribution in [0.5, 0.6) is 0 Å². The summed E-state index contributed by atoms with van der Waals surface area (Å²) in [7, 11) is 2.98. The van der Waals surface area contributed by atoms with E-state index in [1.807, 2.05) is 0 Å². The zero-order valence-electron chi connectivity index (χ0n) is 8.97. The summed E-state index contributed by atoms with van der Waals surface area (Å²) in [4.78, 5) is 14.1. The molecule has 0 aliphatic rings. The van der Waals surface area contributed by atoms with E-state index in [0.717, 1.165) is 5.06 Å². The van der Waals surface area contributed by atoms with Crippen molar-refractivity contribution in [3.63, 3.8) is 0 Å². The highest BCUT2D eigenvalue weighted by molar-refractivity contribution is 5.78. The van der Waals surface area contributed by atoms with E-state index in [1.54, 1.807) is 0 Å². The fourth-order valence-corrected chi connectivity index (χ4v) is 0.984. The van der Waals surface area contributed by atoms with Crippen molar-refractivity contribution in [2.24, 2.45) is 10.7 Å². The number of guanidine groups is 1. The second kappa shape index (κ2) is 7.02. The Morgan fingerprint density at radius 2 is 2.27 bits per heavy atom. The molecule has 0 aromatic rings. The molecule has 0 rings (SSSR count). The number of aliphatic imine (C=N–C) groups is 1. The van der Waals surface area contributed by atoms with Gasteiger partial charge in [-0.05, 0) is 12.8 Å². The number of rotatable bonds is 5. The van der Waals surface area contributed by atoms with Crippen LogP contribution < -0.4 is 11.1 Å². The third-order valence-corrected chi connectivity index (χ3v) is 1.81. The third kappa shape index (κ3) is 5.87. The van der Waals surface area contributed by atoms with E-state index in [0.29, 0.717) is 25.3 Å². The molecule has 0 aliphatic heterocycles. The monoisotopic (exact) mass is 218 g/mol. The molecular weight excluding hydrogens is 200 g/mol. The molecule has 0 amide bonds. The van der Waals surface area contributed by atoms with Gasteiger partial charge in [-0.25, -0.2) is 5.06 Å². The van der Waals surface area contributed by atoms with Gasteiger partial charge in [-0.15, -0.1) is 0 Å². The maximum absolute atomic E-state index is 10.4. The third-order valence-electron chi connectivity index (χ3n) is 1.81. The van der Waals surface area contributed by atoms with Crippen molar-refractivity contribution < 1.29 is 15.1 Å². The molecule has 0 fully saturated rings. The van der Waals surface area contributed by atoms with E-state index in [9.17, 15) is 4.79 Å². The molecule has 0 heterocycles. The summed E-state index contributed by atoms with van der Waals surface area (Å²) >= 11 is 0. The lowest BCUT2D eigenvalue weighted by atomic mass is 10.2. The number of carbonyl (C=O) groups is 1. The Hall–Kier alpha value is -1.34. The molecule has 0 saturated carbocycles. The molecule has 0 aliphatic carbocycles. The summed E-state index contributed by atoms with van der Waals surface area (Å²) in [6, 6.07) is -0.833. The van der Waals surface area contributed by atoms with Gasteiger partial charge in [-0.3, -0.25) is 15.0 Å². The maximum atomic E-state index is 10.4. The number of nitrogens with two attached hydrogens (primary N) is 1. The minimum Gasteiger partial charge on any atom is -0.480 e. The van der Waals surface area contributed by atoms with Crippen LogP contribution in [-0.2, 0) is 4.79 Å². The van der Waals surface area contributed by atoms with Crippen LogP contribution in [0.15, 0.2) is 4.99 Å². The van der Waals surface area contributed by atoms with Gasteiger partial charge < -0.3 is 16.2 Å². The predicted octanol–water partition coefficient (Wildman–Crippen LogP) is -0.925. The summed E-state index contributed by atoms with van der Waals surface area (Å²) in [5, 5.41) is 21.2. The van der Waals surface area contributed by atoms with Gasteiger partial charge in [0.1, 0.15) is 6.04 Å². The Bertz CT molecular complexity index is 230. The van der Waals surface area contributed by atoms with Crippen molar-refractivity contribution in [3.05, 3.63) is 0 Å². The molecule has 1 unspecified atom stereocenters. The molecule has 15 heavy (non-hydrogen) atoms. The number of hydrogen-bond acceptors (Lipinski definition) is 4. The zero-order valence-corrected chi connectivity index (χ0v) is 8.97. The minimum atomic E-state index is -1.00. The van der Waals surface area contributed by atoms with Crippen LogP contribution in [0.25, 0.3) is 0 Å². The first-order valence-electron chi connectivity index (χ1n) is 4.60. The highest BCUT2D eigenvalue weighted by Gasteiger charge is 2.10. The van der Waals surface area contributed by atoms with Crippen molar-refractivity contribution in [2.75, 3.05) is 20.6 Å². The molecule has 7 heteroatoms. The molecule has 5 N–H and O–H groups in total. The lowest BCUT2D eigenvalue weighted by Gasteiger charge is -2.15. The second-order valence-corrected chi connectivity index (χ2v) is 3.08. The number of nitrogens with zero attached hydrogens (tertiary/aromatic N) is 2. The van der Waals surface area contributed by atoms with Gasteiger partial charge in [-0.1, -0.05) is 0 Å². The van der Waals surface area contributed by atoms with Crippen LogP contribution in [-0.4, -0.2) is 54.0 Å². The summed E-state index contributed by atoms with van der Waals surface area (Å²) in [6.07, 6.45) is 0.981. The second-order valence-electron chi connectivity index (χ2n) is 3.08. The van der Waals surface area contributed by atoms with Gasteiger partial charge in [0.25, 0.3) is 0 Å². The molecule has 0 bridgehead atoms. The number of carboxylic acids is 1. The van der Waals surface area contributed by atoms with E-state index < -0.39 is 12.0 Å². The van der Waals surface area contributed by atoms with Crippen LogP contribution in [0.4, 0.5) is 0 Å². The quantitative estimate of drug-likeness (QED) is 0.205. The van der Waals surface area contributed by atoms with Crippen LogP contribution in [0.1, 0.15) is 12.8 Å². The van der Waals surface area contributed by atoms with Crippen LogP contribution in [0.2, 0.25) is 0 Å². The fraction of sp³-hybridized carbons (Fsp3) is 0.750. The van der Waals surface area contributed by atoms with E-state index >= 15 is 0 Å². The Morgan fingerprint density at radius 3 is 2.67 bits per heavy atom. The van der Waals surface area contributed by atoms with E-state index in [4.69, 9.17) is 16.0 Å². The predicted molar refractivity (Wildman–Crippen MR) is 55.8 cm³/mol. The SMILES string of the molecule is CN=C(NCCCC(N)C(=O)O)N(C)O. The molecule has 88 valence electrons. The van der Waals surface area contributed by atoms with Gasteiger partial charge in [0.15, 0.2) is 0 Å². The smallest absolute Gasteiger partial charge is 0.320 e. The van der Waals surface area contributed by atoms with E-state index in [1.165, 1.54) is 14.1 Å². The summed E-state index contributed by atoms with van der Waals surface area (Å²) in [6.45, 7) is 0.512. The molecule has 0 aromatic heterocycles. The summed E-state index contributed by atoms with van der Waals surface area (Å²) in [5.41, 5.74) is 5.31. The zero-order chi connectivity index (χ0) is 11.8. The van der Waals surface area contributed by atoms with Crippen molar-refractivity contribution in [3.8, 4) is 0 Å². The number of nitrogens with one attached hydrogen (secondary N) is 1. The van der Waals surface area contributed by atoms with Crippen molar-refractivity contribution in [2.45, 2.75) is 18.9 Å². The van der Waals surface area contributed by atoms with E-state index in [2.05, 4.69) is 10.3 Å². The molecule has 0 radical (unpaired) electrons. The largest absolute Gasteiger partial charge is 0.480 e. The van der Waals surface area contributed by atoms with Gasteiger partial charge in [0.2, 0.25) is 5.96 Å². The number of hydrogen-bond donors (Lipinski definition) is 4. The number of aliphatic carboxylic acids is 1. The summed E-state index contributed by atoms with van der Waals surface area (Å²) < 4.78 is 0. The van der Waals surface area contributed by atoms with Crippen LogP contribution in [0, 0.1) is 0 Å². The number of carboxylic acid groups (broad SMARTS) is 1. The minimum absolute atomic E-state index is 0.332. The Morgan fingerprint density at radius 1 is 1.67 bits per heavy atom. The molecule has 0 saturated heterocycles. The highest BCUT2D eigenvalue weighted by atomic mass is 16.5. The van der Waals surface area contributed by atoms with Gasteiger partial charge in [0.05, 0.1) is 0 Å². The lowest BCUT2D eigenvalue weighted by molar-refractivity contribution is -0.138. The van der Waals surface area contributed by atoms with Crippen LogP contribution >= 0.6 is 0 Å².